The minimum absolute atomic E-state index is 0.0433. The lowest BCUT2D eigenvalue weighted by Crippen LogP contribution is -2.03. The Morgan fingerprint density at radius 2 is 1.76 bits per heavy atom. The maximum absolute atomic E-state index is 12.6. The molecule has 110 valence electrons. The zero-order valence-electron chi connectivity index (χ0n) is 10.7. The van der Waals surface area contributed by atoms with Crippen molar-refractivity contribution in [3.63, 3.8) is 0 Å². The Labute approximate surface area is 118 Å². The topological polar surface area (TPSA) is 65.2 Å². The molecule has 2 rings (SSSR count). The van der Waals surface area contributed by atoms with Gasteiger partial charge in [-0.15, -0.1) is 0 Å². The Morgan fingerprint density at radius 3 is 2.43 bits per heavy atom. The van der Waals surface area contributed by atoms with Crippen LogP contribution in [0, 0.1) is 0 Å². The van der Waals surface area contributed by atoms with Crippen LogP contribution in [0.5, 0.6) is 5.75 Å². The molecular formula is C14H11F3N2O2. The molecule has 0 spiro atoms. The molecule has 0 aliphatic heterocycles. The Hall–Kier alpha value is -2.41. The van der Waals surface area contributed by atoms with Gasteiger partial charge in [0.25, 0.3) is 0 Å². The number of aliphatic hydroxyl groups excluding tert-OH is 1. The summed E-state index contributed by atoms with van der Waals surface area (Å²) >= 11 is 0. The molecule has 0 fully saturated rings. The molecular weight excluding hydrogens is 285 g/mol. The van der Waals surface area contributed by atoms with E-state index in [1.807, 2.05) is 0 Å². The summed E-state index contributed by atoms with van der Waals surface area (Å²) in [5, 5.41) is 25.9. The van der Waals surface area contributed by atoms with E-state index in [0.717, 1.165) is 12.1 Å². The normalized spacial score (nSPS) is 12.0. The first-order valence-electron chi connectivity index (χ1n) is 5.92. The summed E-state index contributed by atoms with van der Waals surface area (Å²) < 4.78 is 37.7. The van der Waals surface area contributed by atoms with Crippen LogP contribution in [0.4, 0.5) is 24.5 Å². The standard InChI is InChI=1S/C14H11F3N2O2/c15-14(16,17)10-2-1-3-11(7-10)18-19-13-5-4-12(21)6-9(13)8-20/h1-7,20-21H,8H2. The number of halogens is 3. The van der Waals surface area contributed by atoms with Crippen molar-refractivity contribution < 1.29 is 23.4 Å². The van der Waals surface area contributed by atoms with E-state index < -0.39 is 11.7 Å². The van der Waals surface area contributed by atoms with E-state index in [2.05, 4.69) is 10.2 Å². The molecule has 0 aromatic heterocycles. The van der Waals surface area contributed by atoms with Crippen molar-refractivity contribution in [2.45, 2.75) is 12.8 Å². The van der Waals surface area contributed by atoms with Crippen molar-refractivity contribution in [3.05, 3.63) is 53.6 Å². The third kappa shape index (κ3) is 3.79. The predicted octanol–water partition coefficient (Wildman–Crippen LogP) is 4.32. The first kappa shape index (κ1) is 15.0. The molecule has 7 heteroatoms. The fourth-order valence-corrected chi connectivity index (χ4v) is 1.65. The molecule has 0 aliphatic rings. The first-order chi connectivity index (χ1) is 9.90. The highest BCUT2D eigenvalue weighted by Crippen LogP contribution is 2.32. The summed E-state index contributed by atoms with van der Waals surface area (Å²) in [7, 11) is 0. The number of azo groups is 1. The van der Waals surface area contributed by atoms with Crippen LogP contribution in [0.25, 0.3) is 0 Å². The van der Waals surface area contributed by atoms with Crippen LogP contribution < -0.4 is 0 Å². The first-order valence-corrected chi connectivity index (χ1v) is 5.92. The maximum atomic E-state index is 12.6. The van der Waals surface area contributed by atoms with Crippen LogP contribution in [0.3, 0.4) is 0 Å². The number of aromatic hydroxyl groups is 1. The quantitative estimate of drug-likeness (QED) is 0.828. The highest BCUT2D eigenvalue weighted by atomic mass is 19.4. The Bertz CT molecular complexity index is 670. The molecule has 0 saturated carbocycles. The van der Waals surface area contributed by atoms with Crippen molar-refractivity contribution in [3.8, 4) is 5.75 Å². The van der Waals surface area contributed by atoms with Gasteiger partial charge in [0.05, 0.1) is 23.5 Å². The molecule has 0 bridgehead atoms. The highest BCUT2D eigenvalue weighted by molar-refractivity contribution is 5.49. The van der Waals surface area contributed by atoms with Crippen molar-refractivity contribution in [2.75, 3.05) is 0 Å². The summed E-state index contributed by atoms with van der Waals surface area (Å²) in [6.45, 7) is -0.370. The number of phenols is 1. The van der Waals surface area contributed by atoms with Crippen molar-refractivity contribution in [1.82, 2.24) is 0 Å². The SMILES string of the molecule is OCc1cc(O)ccc1N=Nc1cccc(C(F)(F)F)c1. The third-order valence-corrected chi connectivity index (χ3v) is 2.68. The zero-order chi connectivity index (χ0) is 15.5. The number of alkyl halides is 3. The van der Waals surface area contributed by atoms with Crippen molar-refractivity contribution in [1.29, 1.82) is 0 Å². The Kier molecular flexibility index (Phi) is 4.23. The van der Waals surface area contributed by atoms with Crippen LogP contribution >= 0.6 is 0 Å². The van der Waals surface area contributed by atoms with Crippen molar-refractivity contribution >= 4 is 11.4 Å². The van der Waals surface area contributed by atoms with E-state index in [4.69, 9.17) is 5.11 Å². The zero-order valence-corrected chi connectivity index (χ0v) is 10.7. The maximum Gasteiger partial charge on any atom is 0.416 e. The van der Waals surface area contributed by atoms with Crippen LogP contribution in [-0.2, 0) is 12.8 Å². The summed E-state index contributed by atoms with van der Waals surface area (Å²) in [4.78, 5) is 0. The number of nitrogens with zero attached hydrogens (tertiary/aromatic N) is 2. The van der Waals surface area contributed by atoms with Gasteiger partial charge in [0.15, 0.2) is 0 Å². The lowest BCUT2D eigenvalue weighted by molar-refractivity contribution is -0.137. The average molecular weight is 296 g/mol. The Morgan fingerprint density at radius 1 is 1.00 bits per heavy atom. The molecule has 0 aliphatic carbocycles. The minimum Gasteiger partial charge on any atom is -0.508 e. The molecule has 0 saturated heterocycles. The van der Waals surface area contributed by atoms with E-state index >= 15 is 0 Å². The van der Waals surface area contributed by atoms with Gasteiger partial charge in [-0.05, 0) is 36.4 Å². The largest absolute Gasteiger partial charge is 0.508 e. The second kappa shape index (κ2) is 5.92. The highest BCUT2D eigenvalue weighted by Gasteiger charge is 2.30. The fourth-order valence-electron chi connectivity index (χ4n) is 1.65. The number of hydrogen-bond acceptors (Lipinski definition) is 4. The molecule has 2 aromatic rings. The van der Waals surface area contributed by atoms with Crippen LogP contribution in [0.2, 0.25) is 0 Å². The molecule has 2 aromatic carbocycles. The molecule has 0 radical (unpaired) electrons. The molecule has 2 N–H and O–H groups in total. The number of phenolic OH excluding ortho intramolecular Hbond substituents is 1. The van der Waals surface area contributed by atoms with Gasteiger partial charge in [0, 0.05) is 5.56 Å². The number of aliphatic hydroxyl groups is 1. The van der Waals surface area contributed by atoms with Gasteiger partial charge in [-0.2, -0.15) is 23.4 Å². The number of benzene rings is 2. The summed E-state index contributed by atoms with van der Waals surface area (Å²) in [6.07, 6.45) is -4.44. The van der Waals surface area contributed by atoms with Gasteiger partial charge in [-0.25, -0.2) is 0 Å². The lowest BCUT2D eigenvalue weighted by atomic mass is 10.2. The van der Waals surface area contributed by atoms with E-state index in [1.54, 1.807) is 0 Å². The molecule has 0 heterocycles. The number of hydrogen-bond donors (Lipinski definition) is 2. The van der Waals surface area contributed by atoms with E-state index in [1.165, 1.54) is 30.3 Å². The van der Waals surface area contributed by atoms with Crippen LogP contribution in [0.1, 0.15) is 11.1 Å². The van der Waals surface area contributed by atoms with Crippen LogP contribution in [-0.4, -0.2) is 10.2 Å². The fraction of sp³-hybridized carbons (Fsp3) is 0.143. The van der Waals surface area contributed by atoms with E-state index in [0.29, 0.717) is 5.56 Å². The molecule has 0 atom stereocenters. The average Bonchev–Trinajstić information content (AvgIpc) is 2.45. The van der Waals surface area contributed by atoms with Gasteiger partial charge in [-0.1, -0.05) is 6.07 Å². The van der Waals surface area contributed by atoms with Gasteiger partial charge in [-0.3, -0.25) is 0 Å². The van der Waals surface area contributed by atoms with E-state index in [9.17, 15) is 18.3 Å². The van der Waals surface area contributed by atoms with Crippen molar-refractivity contribution in [2.24, 2.45) is 10.2 Å². The summed E-state index contributed by atoms with van der Waals surface area (Å²) in [5.74, 6) is -0.0444. The second-order valence-corrected chi connectivity index (χ2v) is 4.22. The van der Waals surface area contributed by atoms with Gasteiger partial charge in [0.2, 0.25) is 0 Å². The second-order valence-electron chi connectivity index (χ2n) is 4.22. The molecule has 0 unspecified atom stereocenters. The van der Waals surface area contributed by atoms with E-state index in [-0.39, 0.29) is 23.7 Å². The molecule has 0 amide bonds. The predicted molar refractivity (Wildman–Crippen MR) is 69.6 cm³/mol. The lowest BCUT2D eigenvalue weighted by Gasteiger charge is -2.06. The third-order valence-electron chi connectivity index (χ3n) is 2.68. The molecule has 4 nitrogen and oxygen atoms in total. The summed E-state index contributed by atoms with van der Waals surface area (Å²) in [6, 6.07) is 8.51. The monoisotopic (exact) mass is 296 g/mol. The van der Waals surface area contributed by atoms with Crippen LogP contribution in [0.15, 0.2) is 52.7 Å². The van der Waals surface area contributed by atoms with Gasteiger partial charge >= 0.3 is 6.18 Å². The Balaban J connectivity index is 2.30. The summed E-state index contributed by atoms with van der Waals surface area (Å²) in [5.41, 5.74) is -0.174. The molecule has 21 heavy (non-hydrogen) atoms. The number of rotatable bonds is 3. The van der Waals surface area contributed by atoms with Gasteiger partial charge < -0.3 is 10.2 Å². The minimum atomic E-state index is -4.44. The van der Waals surface area contributed by atoms with Gasteiger partial charge in [0.1, 0.15) is 5.75 Å². The smallest absolute Gasteiger partial charge is 0.416 e.